The van der Waals surface area contributed by atoms with Crippen molar-refractivity contribution in [2.24, 2.45) is 10.9 Å². The predicted molar refractivity (Wildman–Crippen MR) is 557 cm³/mol. The number of hydrogen-bond acceptors (Lipinski definition) is 27. The lowest BCUT2D eigenvalue weighted by atomic mass is 10.1. The average molecular weight is 2030 g/mol. The summed E-state index contributed by atoms with van der Waals surface area (Å²) in [5, 5.41) is 23.1. The molecule has 37 heteroatoms. The number of hydrogen-bond donors (Lipinski definition) is 2. The molecule has 20 rings (SSSR count). The zero-order valence-electron chi connectivity index (χ0n) is 82.1. The number of carbonyl (C=O) groups excluding carboxylic acids is 2. The highest BCUT2D eigenvalue weighted by Gasteiger charge is 2.59. The summed E-state index contributed by atoms with van der Waals surface area (Å²) in [7, 11) is -5.22. The summed E-state index contributed by atoms with van der Waals surface area (Å²) in [5.74, 6) is 0.446. The summed E-state index contributed by atoms with van der Waals surface area (Å²) in [6.45, 7) is 27.8. The Labute approximate surface area is 835 Å². The summed E-state index contributed by atoms with van der Waals surface area (Å²) < 4.78 is 97.2. The van der Waals surface area contributed by atoms with E-state index in [0.717, 1.165) is 106 Å². The maximum absolute atomic E-state index is 12.6. The van der Waals surface area contributed by atoms with E-state index < -0.39 is 86.8 Å². The largest absolute Gasteiger partial charge is 0.475 e. The molecular weight excluding hydrogens is 1890 g/mol. The molecule has 2 N–H and O–H groups in total. The number of aliphatic imine (C=N–C) groups is 1. The summed E-state index contributed by atoms with van der Waals surface area (Å²) in [4.78, 5) is 57.6. The molecule has 21 atom stereocenters. The van der Waals surface area contributed by atoms with Crippen LogP contribution in [0, 0.1) is 24.2 Å². The second kappa shape index (κ2) is 46.1. The molecule has 6 aromatic carbocycles. The van der Waals surface area contributed by atoms with Gasteiger partial charge >= 0.3 is 0 Å². The number of anilines is 1. The number of carbonyl (C=O) groups is 2. The molecule has 141 heavy (non-hydrogen) atoms. The van der Waals surface area contributed by atoms with Crippen LogP contribution >= 0.6 is 25.6 Å². The second-order valence-electron chi connectivity index (χ2n) is 38.5. The molecule has 0 aliphatic carbocycles. The standard InChI is InChI=1S/C38H48N7O6PSi.C33H43N4O5PSi.C32H40N5O4PSi.CH4/c1-6-29-32(33(47-4)37(49-29)44-24-40-31-34(44)41-38(42-35(46)25(2)3)43-36(31)48-22-14-20-39)51-52-45-21-13-19-28(45)30(50-52)23-53(5,26-15-9-7-10-16-26)27-17-11-8-12-18-27;1-6-28-31(32(39-4)33(40-28)36-21-19-30(34-23(36)2)35-24(3)38)42-43-37-20-13-18-27(37)29(41-43)22-44(5,25-14-9-7-10-15-25)26-16-11-8-12-17-26;1-5-26-29(30(38-3)32(39-26)36-21-35-28-22(2)33-20-34-31(28)36)41-42-37-18-12-17-25(37)27(40-42)19-43(4,23-13-8-6-9-14-23)24-15-10-7-11-16-24;/h7-12,15-18,24-25,28-30,32-33,37H,6,13-14,19,21-23H2,1-5H3,(H,41,42,43,46);7-12,14-17,19,21,27-29,31-33H,2,6,13,18,20,22H2,1,3-5H3,(H,34,35,38);6-11,13-16,20-21,25-27,29-30,32H,5,12,17-19H2,1-4H3;1H4/t28-,29+,30+,32?,33-,37+,52+;27-,28+,29+,31?,32-,33+,43+;25-,26+,27+,29?,30-,32+,42+;/m000./s1. The van der Waals surface area contributed by atoms with Crippen molar-refractivity contribution in [1.82, 2.24) is 63.3 Å². The minimum absolute atomic E-state index is 0. The summed E-state index contributed by atoms with van der Waals surface area (Å²) in [6, 6.07) is 71.9. The molecule has 0 bridgehead atoms. The van der Waals surface area contributed by atoms with Crippen LogP contribution in [-0.4, -0.2) is 245 Å². The number of fused-ring (bicyclic) bond motifs is 5. The van der Waals surface area contributed by atoms with Crippen molar-refractivity contribution in [3.63, 3.8) is 0 Å². The molecule has 0 spiro atoms. The monoisotopic (exact) mass is 2020 g/mol. The summed E-state index contributed by atoms with van der Waals surface area (Å²) >= 11 is 0. The SMILES string of the molecule is C.C=C1N=C(NC(C)=O)C=CN1[C@@H]1O[C@H](CC)C(O[P@@]2O[C@H](C[Si](C)(c3ccccc3)c3ccccc3)[C@@H]3CCCN32)[C@@H]1OC.CC[C@H]1O[C@@H](n2cnc3c(C)ncnc32)[C@@H](OC)C1O[P@@]1O[C@H](C[Si](C)(c2ccccc2)c2ccccc2)[C@@H]2CCCN21.CC[C@H]1O[C@@H](n2cnc3c(OCCC#N)nc(NC(=O)C(C)C)nc32)[C@@H](OC)C1O[P@@]1O[C@H](C[Si](C)(c2ccccc2)c2ccccc2)[C@@H]2CCCN21. The first-order chi connectivity index (χ1) is 68.1. The Morgan fingerprint density at radius 3 is 1.25 bits per heavy atom. The van der Waals surface area contributed by atoms with Crippen molar-refractivity contribution in [3.05, 3.63) is 231 Å². The first-order valence-corrected chi connectivity index (χ1v) is 60.9. The molecule has 4 aromatic heterocycles. The lowest BCUT2D eigenvalue weighted by Crippen LogP contribution is -2.58. The van der Waals surface area contributed by atoms with Crippen LogP contribution in [0.3, 0.4) is 0 Å². The Balaban J connectivity index is 0.000000146. The smallest absolute Gasteiger partial charge is 0.259 e. The average Bonchev–Trinajstić information content (AvgIpc) is 1.60. The van der Waals surface area contributed by atoms with Crippen LogP contribution in [0.4, 0.5) is 5.95 Å². The number of ether oxygens (including phenoxy) is 7. The van der Waals surface area contributed by atoms with Gasteiger partial charge in [0.25, 0.3) is 25.6 Å². The molecule has 10 aliphatic heterocycles. The fraction of sp³-hybridized carbons (Fsp3) is 0.481. The second-order valence-corrected chi connectivity index (χ2v) is 55.4. The lowest BCUT2D eigenvalue weighted by Gasteiger charge is -2.33. The van der Waals surface area contributed by atoms with Crippen LogP contribution < -0.4 is 46.5 Å². The van der Waals surface area contributed by atoms with Crippen LogP contribution in [0.1, 0.15) is 131 Å². The maximum atomic E-state index is 12.6. The molecule has 2 amide bonds. The van der Waals surface area contributed by atoms with Crippen LogP contribution in [0.15, 0.2) is 231 Å². The molecule has 748 valence electrons. The van der Waals surface area contributed by atoms with Crippen LogP contribution in [0.25, 0.3) is 22.3 Å². The van der Waals surface area contributed by atoms with Gasteiger partial charge in [0.2, 0.25) is 23.6 Å². The predicted octanol–water partition coefficient (Wildman–Crippen LogP) is 15.2. The zero-order chi connectivity index (χ0) is 97.5. The van der Waals surface area contributed by atoms with E-state index in [9.17, 15) is 9.59 Å². The number of nitrogens with one attached hydrogen (secondary N) is 2. The number of amides is 2. The topological polar surface area (TPSA) is 314 Å². The first kappa shape index (κ1) is 103. The first-order valence-electron chi connectivity index (χ1n) is 49.4. The number of rotatable bonds is 32. The molecule has 3 unspecified atom stereocenters. The summed E-state index contributed by atoms with van der Waals surface area (Å²) in [5.41, 5.74) is 3.14. The van der Waals surface area contributed by atoms with Gasteiger partial charge in [0.05, 0.1) is 67.5 Å². The number of imidazole rings is 2. The minimum atomic E-state index is -2.17. The number of aromatic nitrogens is 8. The van der Waals surface area contributed by atoms with E-state index in [-0.39, 0.29) is 111 Å². The van der Waals surface area contributed by atoms with E-state index in [1.165, 1.54) is 38.0 Å². The zero-order valence-corrected chi connectivity index (χ0v) is 87.8. The quantitative estimate of drug-likeness (QED) is 0.0225. The van der Waals surface area contributed by atoms with Crippen molar-refractivity contribution in [3.8, 4) is 11.9 Å². The number of benzene rings is 6. The van der Waals surface area contributed by atoms with Gasteiger partial charge in [-0.05, 0) is 88.9 Å². The molecule has 14 heterocycles. The van der Waals surface area contributed by atoms with Gasteiger partial charge in [-0.15, -0.1) is 0 Å². The van der Waals surface area contributed by atoms with Gasteiger partial charge in [-0.2, -0.15) is 15.2 Å². The maximum Gasteiger partial charge on any atom is 0.259 e. The minimum Gasteiger partial charge on any atom is -0.475 e. The van der Waals surface area contributed by atoms with Crippen LogP contribution in [0.2, 0.25) is 37.8 Å². The molecular formula is C104H135N16O15P3Si3. The molecule has 0 radical (unpaired) electrons. The third-order valence-electron chi connectivity index (χ3n) is 29.4. The molecule has 31 nitrogen and oxygen atoms in total. The molecule has 9 saturated heterocycles. The number of nitriles is 1. The third kappa shape index (κ3) is 21.5. The van der Waals surface area contributed by atoms with E-state index in [2.05, 4.69) is 295 Å². The van der Waals surface area contributed by atoms with Crippen molar-refractivity contribution in [2.75, 3.05) is 52.9 Å². The van der Waals surface area contributed by atoms with E-state index in [4.69, 9.17) is 65.6 Å². The lowest BCUT2D eigenvalue weighted by molar-refractivity contribution is -0.119. The third-order valence-corrected chi connectivity index (χ3v) is 48.1. The molecule has 9 fully saturated rings. The van der Waals surface area contributed by atoms with Gasteiger partial charge < -0.3 is 70.5 Å². The molecule has 10 aromatic rings. The van der Waals surface area contributed by atoms with E-state index >= 15 is 0 Å². The highest BCUT2D eigenvalue weighted by molar-refractivity contribution is 7.45. The highest BCUT2D eigenvalue weighted by atomic mass is 31.2. The van der Waals surface area contributed by atoms with Crippen molar-refractivity contribution < 1.29 is 69.9 Å². The number of methoxy groups -OCH3 is 3. The van der Waals surface area contributed by atoms with Gasteiger partial charge in [-0.3, -0.25) is 24.0 Å². The number of amidine groups is 1. The Morgan fingerprint density at radius 2 is 0.887 bits per heavy atom. The summed E-state index contributed by atoms with van der Waals surface area (Å²) in [6.07, 6.45) is 13.5. The van der Waals surface area contributed by atoms with Crippen molar-refractivity contribution in [2.45, 2.75) is 268 Å². The molecule has 0 saturated carbocycles. The van der Waals surface area contributed by atoms with E-state index in [1.807, 2.05) is 22.6 Å². The highest BCUT2D eigenvalue weighted by Crippen LogP contribution is 2.63. The van der Waals surface area contributed by atoms with Crippen LogP contribution in [-0.2, 0) is 65.2 Å². The van der Waals surface area contributed by atoms with Gasteiger partial charge in [-0.1, -0.05) is 281 Å². The van der Waals surface area contributed by atoms with Gasteiger partial charge in [0.1, 0.15) is 91.0 Å². The Bertz CT molecular complexity index is 5870. The van der Waals surface area contributed by atoms with Crippen molar-refractivity contribution >= 4 is 127 Å². The Hall–Kier alpha value is -9.06. The molecule has 10 aliphatic rings. The van der Waals surface area contributed by atoms with Gasteiger partial charge in [-0.25, -0.2) is 38.9 Å². The normalized spacial score (nSPS) is 28.2. The van der Waals surface area contributed by atoms with Gasteiger partial charge in [0, 0.05) is 78.1 Å². The number of nitrogens with zero attached hydrogens (tertiary/aromatic N) is 14. The van der Waals surface area contributed by atoms with Crippen LogP contribution in [0.5, 0.6) is 5.88 Å². The van der Waals surface area contributed by atoms with Gasteiger partial charge in [0.15, 0.2) is 35.5 Å². The number of aryl methyl sites for hydroxylation is 1. The van der Waals surface area contributed by atoms with E-state index in [1.54, 1.807) is 64.8 Å². The fourth-order valence-electron chi connectivity index (χ4n) is 21.9. The Morgan fingerprint density at radius 1 is 0.511 bits per heavy atom. The van der Waals surface area contributed by atoms with E-state index in [0.29, 0.717) is 41.3 Å². The van der Waals surface area contributed by atoms with Crippen molar-refractivity contribution in [1.29, 1.82) is 5.26 Å². The Kier molecular flexibility index (Phi) is 33.8. The fourth-order valence-corrected chi connectivity index (χ4v) is 39.8.